The summed E-state index contributed by atoms with van der Waals surface area (Å²) in [5, 5.41) is 4.34. The van der Waals surface area contributed by atoms with Crippen LogP contribution < -0.4 is 5.32 Å². The molecule has 0 bridgehead atoms. The molecule has 6 heteroatoms. The Morgan fingerprint density at radius 3 is 2.65 bits per heavy atom. The summed E-state index contributed by atoms with van der Waals surface area (Å²) in [7, 11) is 1.91. The van der Waals surface area contributed by atoms with Gasteiger partial charge in [0.25, 0.3) is 0 Å². The van der Waals surface area contributed by atoms with Crippen molar-refractivity contribution in [2.45, 2.75) is 44.8 Å². The maximum atomic E-state index is 4.48. The SMILES string of the molecule is CCC1CN(C(=NC)NCCCN2CCC(C)CC2)CCS1.I. The topological polar surface area (TPSA) is 30.9 Å². The fraction of sp³-hybridized carbons (Fsp3) is 0.941. The van der Waals surface area contributed by atoms with Gasteiger partial charge in [0.05, 0.1) is 0 Å². The van der Waals surface area contributed by atoms with Gasteiger partial charge in [-0.2, -0.15) is 11.8 Å². The lowest BCUT2D eigenvalue weighted by molar-refractivity contribution is 0.191. The fourth-order valence-corrected chi connectivity index (χ4v) is 4.46. The highest BCUT2D eigenvalue weighted by Gasteiger charge is 2.21. The molecule has 0 spiro atoms. The van der Waals surface area contributed by atoms with Crippen LogP contribution in [0.3, 0.4) is 0 Å². The van der Waals surface area contributed by atoms with E-state index in [4.69, 9.17) is 0 Å². The zero-order chi connectivity index (χ0) is 15.8. The van der Waals surface area contributed by atoms with Gasteiger partial charge in [-0.25, -0.2) is 0 Å². The fourth-order valence-electron chi connectivity index (χ4n) is 3.28. The van der Waals surface area contributed by atoms with Crippen molar-refractivity contribution in [3.8, 4) is 0 Å². The Bertz CT molecular complexity index is 345. The van der Waals surface area contributed by atoms with E-state index in [0.29, 0.717) is 0 Å². The van der Waals surface area contributed by atoms with E-state index in [0.717, 1.165) is 36.8 Å². The van der Waals surface area contributed by atoms with Crippen LogP contribution in [0.2, 0.25) is 0 Å². The van der Waals surface area contributed by atoms with Crippen molar-refractivity contribution in [1.29, 1.82) is 0 Å². The maximum absolute atomic E-state index is 4.48. The lowest BCUT2D eigenvalue weighted by Crippen LogP contribution is -2.48. The molecule has 1 atom stereocenters. The van der Waals surface area contributed by atoms with Crippen LogP contribution in [0.25, 0.3) is 0 Å². The molecule has 23 heavy (non-hydrogen) atoms. The molecule has 1 N–H and O–H groups in total. The summed E-state index contributed by atoms with van der Waals surface area (Å²) in [5.41, 5.74) is 0. The van der Waals surface area contributed by atoms with Gasteiger partial charge in [-0.15, -0.1) is 24.0 Å². The Morgan fingerprint density at radius 1 is 1.26 bits per heavy atom. The molecule has 0 amide bonds. The van der Waals surface area contributed by atoms with E-state index >= 15 is 0 Å². The summed E-state index contributed by atoms with van der Waals surface area (Å²) in [5.74, 6) is 3.26. The average molecular weight is 454 g/mol. The molecule has 2 rings (SSSR count). The number of aliphatic imine (C=N–C) groups is 1. The van der Waals surface area contributed by atoms with Gasteiger partial charge in [-0.1, -0.05) is 13.8 Å². The smallest absolute Gasteiger partial charge is 0.193 e. The number of nitrogens with zero attached hydrogens (tertiary/aromatic N) is 3. The third kappa shape index (κ3) is 7.38. The highest BCUT2D eigenvalue weighted by atomic mass is 127. The lowest BCUT2D eigenvalue weighted by Gasteiger charge is -2.34. The van der Waals surface area contributed by atoms with Crippen LogP contribution in [0.15, 0.2) is 4.99 Å². The van der Waals surface area contributed by atoms with E-state index in [2.05, 4.69) is 45.7 Å². The van der Waals surface area contributed by atoms with Crippen LogP contribution in [-0.2, 0) is 0 Å². The molecule has 2 heterocycles. The van der Waals surface area contributed by atoms with E-state index in [1.807, 2.05) is 7.05 Å². The second-order valence-electron chi connectivity index (χ2n) is 6.70. The first kappa shape index (κ1) is 21.4. The second-order valence-corrected chi connectivity index (χ2v) is 8.11. The third-order valence-corrected chi connectivity index (χ3v) is 6.29. The van der Waals surface area contributed by atoms with Crippen LogP contribution in [0.1, 0.15) is 39.5 Å². The van der Waals surface area contributed by atoms with E-state index in [1.54, 1.807) is 0 Å². The number of nitrogens with one attached hydrogen (secondary N) is 1. The minimum atomic E-state index is 0. The summed E-state index contributed by atoms with van der Waals surface area (Å²) in [6.45, 7) is 11.8. The second kappa shape index (κ2) is 11.8. The molecule has 4 nitrogen and oxygen atoms in total. The number of halogens is 1. The van der Waals surface area contributed by atoms with Gasteiger partial charge < -0.3 is 15.1 Å². The molecule has 0 aliphatic carbocycles. The molecule has 2 aliphatic heterocycles. The average Bonchev–Trinajstić information content (AvgIpc) is 2.56. The quantitative estimate of drug-likeness (QED) is 0.299. The highest BCUT2D eigenvalue weighted by molar-refractivity contribution is 14.0. The van der Waals surface area contributed by atoms with E-state index in [1.165, 1.54) is 51.1 Å². The molecule has 0 aromatic heterocycles. The maximum Gasteiger partial charge on any atom is 0.193 e. The lowest BCUT2D eigenvalue weighted by atomic mass is 9.99. The first-order chi connectivity index (χ1) is 10.7. The van der Waals surface area contributed by atoms with Crippen molar-refractivity contribution in [3.05, 3.63) is 0 Å². The van der Waals surface area contributed by atoms with E-state index in [9.17, 15) is 0 Å². The molecular formula is C17H35IN4S. The molecule has 2 aliphatic rings. The van der Waals surface area contributed by atoms with Gasteiger partial charge in [-0.3, -0.25) is 4.99 Å². The Hall–Kier alpha value is 0.310. The number of rotatable bonds is 5. The molecule has 136 valence electrons. The standard InChI is InChI=1S/C17H34N4S.HI/c1-4-16-14-21(12-13-22-16)17(18-3)19-8-5-9-20-10-6-15(2)7-11-20;/h15-16H,4-14H2,1-3H3,(H,18,19);1H. The number of hydrogen-bond donors (Lipinski definition) is 1. The first-order valence-electron chi connectivity index (χ1n) is 9.02. The summed E-state index contributed by atoms with van der Waals surface area (Å²) in [6, 6.07) is 0. The third-order valence-electron chi connectivity index (χ3n) is 4.92. The van der Waals surface area contributed by atoms with E-state index < -0.39 is 0 Å². The molecule has 0 saturated carbocycles. The van der Waals surface area contributed by atoms with Crippen LogP contribution in [0.4, 0.5) is 0 Å². The van der Waals surface area contributed by atoms with E-state index in [-0.39, 0.29) is 24.0 Å². The molecule has 0 radical (unpaired) electrons. The van der Waals surface area contributed by atoms with Crippen molar-refractivity contribution in [2.75, 3.05) is 52.1 Å². The van der Waals surface area contributed by atoms with Crippen molar-refractivity contribution in [1.82, 2.24) is 15.1 Å². The number of hydrogen-bond acceptors (Lipinski definition) is 3. The summed E-state index contributed by atoms with van der Waals surface area (Å²) in [6.07, 6.45) is 5.22. The molecule has 2 saturated heterocycles. The van der Waals surface area contributed by atoms with Crippen molar-refractivity contribution >= 4 is 41.7 Å². The normalized spacial score (nSPS) is 24.4. The molecule has 1 unspecified atom stereocenters. The van der Waals surface area contributed by atoms with Gasteiger partial charge in [-0.05, 0) is 51.2 Å². The van der Waals surface area contributed by atoms with Crippen LogP contribution >= 0.6 is 35.7 Å². The molecular weight excluding hydrogens is 419 g/mol. The van der Waals surface area contributed by atoms with Crippen molar-refractivity contribution in [2.24, 2.45) is 10.9 Å². The Kier molecular flexibility index (Phi) is 10.9. The Balaban J connectivity index is 0.00000264. The molecule has 2 fully saturated rings. The molecule has 0 aromatic carbocycles. The summed E-state index contributed by atoms with van der Waals surface area (Å²) in [4.78, 5) is 9.54. The van der Waals surface area contributed by atoms with Crippen LogP contribution in [0.5, 0.6) is 0 Å². The summed E-state index contributed by atoms with van der Waals surface area (Å²) >= 11 is 2.11. The van der Waals surface area contributed by atoms with Crippen molar-refractivity contribution in [3.63, 3.8) is 0 Å². The number of likely N-dealkylation sites (tertiary alicyclic amines) is 1. The van der Waals surface area contributed by atoms with Gasteiger partial charge in [0.2, 0.25) is 0 Å². The van der Waals surface area contributed by atoms with Gasteiger partial charge >= 0.3 is 0 Å². The molecule has 0 aromatic rings. The minimum absolute atomic E-state index is 0. The van der Waals surface area contributed by atoms with Gasteiger partial charge in [0.1, 0.15) is 0 Å². The predicted molar refractivity (Wildman–Crippen MR) is 114 cm³/mol. The van der Waals surface area contributed by atoms with Crippen LogP contribution in [-0.4, -0.2) is 73.1 Å². The largest absolute Gasteiger partial charge is 0.356 e. The Morgan fingerprint density at radius 2 is 2.00 bits per heavy atom. The van der Waals surface area contributed by atoms with Gasteiger partial charge in [0, 0.05) is 37.7 Å². The van der Waals surface area contributed by atoms with Crippen molar-refractivity contribution < 1.29 is 0 Å². The monoisotopic (exact) mass is 454 g/mol. The number of guanidine groups is 1. The minimum Gasteiger partial charge on any atom is -0.356 e. The Labute approximate surface area is 164 Å². The first-order valence-corrected chi connectivity index (χ1v) is 10.1. The predicted octanol–water partition coefficient (Wildman–Crippen LogP) is 3.13. The number of piperidine rings is 1. The van der Waals surface area contributed by atoms with Crippen LogP contribution in [0, 0.1) is 5.92 Å². The van der Waals surface area contributed by atoms with Gasteiger partial charge in [0.15, 0.2) is 5.96 Å². The zero-order valence-corrected chi connectivity index (χ0v) is 18.2. The summed E-state index contributed by atoms with van der Waals surface area (Å²) < 4.78 is 0. The number of thioether (sulfide) groups is 1. The zero-order valence-electron chi connectivity index (χ0n) is 15.1. The highest BCUT2D eigenvalue weighted by Crippen LogP contribution is 2.21.